The average molecular weight is 511 g/mol. The van der Waals surface area contributed by atoms with Crippen molar-refractivity contribution in [2.45, 2.75) is 102 Å². The van der Waals surface area contributed by atoms with Gasteiger partial charge in [0, 0.05) is 18.1 Å². The fourth-order valence-corrected chi connectivity index (χ4v) is 6.41. The lowest BCUT2D eigenvalue weighted by atomic mass is 10.00. The minimum atomic E-state index is -2.19. The van der Waals surface area contributed by atoms with E-state index in [1.165, 1.54) is 10.6 Å². The van der Waals surface area contributed by atoms with Crippen molar-refractivity contribution in [3.05, 3.63) is 38.2 Å². The lowest BCUT2D eigenvalue weighted by Gasteiger charge is -2.40. The Morgan fingerprint density at radius 1 is 1.12 bits per heavy atom. The minimum Gasteiger partial charge on any atom is -0.414 e. The molecule has 192 valence electrons. The summed E-state index contributed by atoms with van der Waals surface area (Å²) in [4.78, 5) is 27.2. The molecule has 1 fully saturated rings. The van der Waals surface area contributed by atoms with Crippen LogP contribution >= 0.6 is 0 Å². The number of rotatable bonds is 6. The quantitative estimate of drug-likeness (QED) is 0.565. The lowest BCUT2D eigenvalue weighted by molar-refractivity contribution is -0.0939. The Kier molecular flexibility index (Phi) is 6.96. The maximum absolute atomic E-state index is 12.9. The first-order valence-corrected chi connectivity index (χ1v) is 17.8. The molecule has 0 bridgehead atoms. The number of aliphatic hydroxyl groups excluding tert-OH is 1. The van der Waals surface area contributed by atoms with Gasteiger partial charge >= 0.3 is 5.69 Å². The van der Waals surface area contributed by atoms with Crippen LogP contribution in [0, 0.1) is 0 Å². The Morgan fingerprint density at radius 3 is 2.24 bits per heavy atom. The second-order valence-corrected chi connectivity index (χ2v) is 22.2. The van der Waals surface area contributed by atoms with Gasteiger partial charge in [-0.2, -0.15) is 0 Å². The van der Waals surface area contributed by atoms with Gasteiger partial charge in [-0.15, -0.1) is 0 Å². The third kappa shape index (κ3) is 4.72. The van der Waals surface area contributed by atoms with Crippen LogP contribution in [0.15, 0.2) is 21.2 Å². The molecule has 0 saturated carbocycles. The maximum Gasteiger partial charge on any atom is 0.331 e. The third-order valence-corrected chi connectivity index (χ3v) is 17.2. The highest BCUT2D eigenvalue weighted by molar-refractivity contribution is 6.74. The van der Waals surface area contributed by atoms with Crippen LogP contribution in [0.3, 0.4) is 0 Å². The molecule has 0 aliphatic carbocycles. The van der Waals surface area contributed by atoms with Crippen LogP contribution < -0.4 is 11.2 Å². The first kappa shape index (κ1) is 27.3. The summed E-state index contributed by atoms with van der Waals surface area (Å²) in [6.45, 7) is 21.9. The third-order valence-electron chi connectivity index (χ3n) is 8.23. The highest BCUT2D eigenvalue weighted by atomic mass is 28.4. The lowest BCUT2D eigenvalue weighted by Crippen LogP contribution is -2.48. The molecule has 1 saturated heterocycles. The van der Waals surface area contributed by atoms with Gasteiger partial charge < -0.3 is 18.7 Å². The highest BCUT2D eigenvalue weighted by Crippen LogP contribution is 2.49. The van der Waals surface area contributed by atoms with Gasteiger partial charge in [0.25, 0.3) is 5.56 Å². The molecule has 3 atom stereocenters. The molecule has 0 amide bonds. The predicted molar refractivity (Wildman–Crippen MR) is 139 cm³/mol. The van der Waals surface area contributed by atoms with E-state index in [1.54, 1.807) is 6.08 Å². The molecule has 0 unspecified atom stereocenters. The zero-order valence-corrected chi connectivity index (χ0v) is 24.4. The number of hydrogen-bond donors (Lipinski definition) is 2. The van der Waals surface area contributed by atoms with Crippen LogP contribution in [-0.2, 0) is 19.3 Å². The molecule has 1 aromatic rings. The number of nitrogens with zero attached hydrogens (tertiary/aromatic N) is 1. The van der Waals surface area contributed by atoms with Gasteiger partial charge in [0.05, 0.1) is 25.0 Å². The molecule has 3 heterocycles. The van der Waals surface area contributed by atoms with Gasteiger partial charge in [-0.05, 0) is 42.3 Å². The summed E-state index contributed by atoms with van der Waals surface area (Å²) in [5.41, 5.74) is -1.28. The van der Waals surface area contributed by atoms with E-state index in [-0.39, 0.29) is 22.8 Å². The van der Waals surface area contributed by atoms with Gasteiger partial charge in [0.15, 0.2) is 22.4 Å². The standard InChI is InChI=1S/C24H42N2O6Si2/c1-22(2,3)33(7,8)30-15-19-18(32-34(9,10)23(4,5)6)13-24(31-19)16(14-27)11-17-12-20(28)25-21(29)26(17)24/h11-12,18-19,27H,13-15H2,1-10H3,(H,25,28,29)/t18-,19-,24+/m1/s1. The molecule has 8 nitrogen and oxygen atoms in total. The summed E-state index contributed by atoms with van der Waals surface area (Å²) in [5.74, 6) is 0. The summed E-state index contributed by atoms with van der Waals surface area (Å²) in [5, 5.41) is 10.2. The molecule has 1 aromatic heterocycles. The SMILES string of the molecule is CC(C)(C)[Si](C)(C)OC[C@H]1O[C@@]2(C[C@H]1O[Si](C)(C)C(C)(C)C)C(CO)=Cc1cc(=O)[nH]c(=O)n12. The molecule has 2 N–H and O–H groups in total. The molecule has 10 heteroatoms. The first-order chi connectivity index (χ1) is 15.3. The van der Waals surface area contributed by atoms with E-state index in [0.29, 0.717) is 24.3 Å². The van der Waals surface area contributed by atoms with Crippen molar-refractivity contribution in [2.75, 3.05) is 13.2 Å². The second-order valence-electron chi connectivity index (χ2n) is 12.7. The molecule has 34 heavy (non-hydrogen) atoms. The molecule has 1 spiro atoms. The number of aromatic amines is 1. The Balaban J connectivity index is 2.04. The van der Waals surface area contributed by atoms with Crippen molar-refractivity contribution >= 4 is 22.7 Å². The molecule has 3 rings (SSSR count). The summed E-state index contributed by atoms with van der Waals surface area (Å²) in [6.07, 6.45) is 1.28. The number of aromatic nitrogens is 2. The smallest absolute Gasteiger partial charge is 0.331 e. The van der Waals surface area contributed by atoms with Gasteiger partial charge in [-0.25, -0.2) is 4.79 Å². The van der Waals surface area contributed by atoms with E-state index in [4.69, 9.17) is 13.6 Å². The van der Waals surface area contributed by atoms with Crippen molar-refractivity contribution < 1.29 is 18.7 Å². The van der Waals surface area contributed by atoms with Gasteiger partial charge in [-0.1, -0.05) is 41.5 Å². The topological polar surface area (TPSA) is 103 Å². The average Bonchev–Trinajstić information content (AvgIpc) is 3.15. The van der Waals surface area contributed by atoms with E-state index in [9.17, 15) is 14.7 Å². The Bertz CT molecular complexity index is 1080. The molecule has 2 aliphatic rings. The van der Waals surface area contributed by atoms with Gasteiger partial charge in [-0.3, -0.25) is 14.3 Å². The second kappa shape index (κ2) is 8.67. The number of ether oxygens (including phenoxy) is 1. The minimum absolute atomic E-state index is 0.0150. The molecular weight excluding hydrogens is 468 g/mol. The van der Waals surface area contributed by atoms with Crippen LogP contribution in [0.1, 0.15) is 53.7 Å². The zero-order valence-electron chi connectivity index (χ0n) is 22.4. The number of hydrogen-bond acceptors (Lipinski definition) is 6. The normalized spacial score (nSPS) is 25.7. The number of H-pyrrole nitrogens is 1. The van der Waals surface area contributed by atoms with Crippen LogP contribution in [0.25, 0.3) is 6.08 Å². The van der Waals surface area contributed by atoms with Gasteiger partial charge in [0.2, 0.25) is 0 Å². The van der Waals surface area contributed by atoms with Crippen molar-refractivity contribution in [1.82, 2.24) is 9.55 Å². The molecule has 0 radical (unpaired) electrons. The summed E-state index contributed by atoms with van der Waals surface area (Å²) < 4.78 is 21.5. The molecule has 0 aromatic carbocycles. The first-order valence-electron chi connectivity index (χ1n) is 12.0. The molecular formula is C24H42N2O6Si2. The maximum atomic E-state index is 12.9. The summed E-state index contributed by atoms with van der Waals surface area (Å²) >= 11 is 0. The zero-order chi connectivity index (χ0) is 25.9. The highest BCUT2D eigenvalue weighted by Gasteiger charge is 2.56. The van der Waals surface area contributed by atoms with E-state index in [1.807, 2.05) is 0 Å². The van der Waals surface area contributed by atoms with Crippen molar-refractivity contribution in [1.29, 1.82) is 0 Å². The number of nitrogens with one attached hydrogen (secondary N) is 1. The van der Waals surface area contributed by atoms with E-state index >= 15 is 0 Å². The Labute approximate surface area is 204 Å². The fourth-order valence-electron chi connectivity index (χ4n) is 4.05. The Morgan fingerprint density at radius 2 is 1.71 bits per heavy atom. The predicted octanol–water partition coefficient (Wildman–Crippen LogP) is 3.78. The van der Waals surface area contributed by atoms with E-state index < -0.39 is 39.7 Å². The van der Waals surface area contributed by atoms with E-state index in [2.05, 4.69) is 72.7 Å². The monoisotopic (exact) mass is 510 g/mol. The van der Waals surface area contributed by atoms with Crippen LogP contribution in [-0.4, -0.2) is 56.7 Å². The number of fused-ring (bicyclic) bond motifs is 2. The molecule has 2 aliphatic heterocycles. The Hall–Kier alpha value is -1.31. The largest absolute Gasteiger partial charge is 0.414 e. The van der Waals surface area contributed by atoms with Crippen LogP contribution in [0.4, 0.5) is 0 Å². The van der Waals surface area contributed by atoms with Crippen molar-refractivity contribution in [2.24, 2.45) is 0 Å². The van der Waals surface area contributed by atoms with E-state index in [0.717, 1.165) is 0 Å². The summed E-state index contributed by atoms with van der Waals surface area (Å²) in [6, 6.07) is 1.36. The van der Waals surface area contributed by atoms with Crippen molar-refractivity contribution in [3.8, 4) is 0 Å². The summed E-state index contributed by atoms with van der Waals surface area (Å²) in [7, 11) is -4.26. The van der Waals surface area contributed by atoms with Crippen molar-refractivity contribution in [3.63, 3.8) is 0 Å². The van der Waals surface area contributed by atoms with Crippen LogP contribution in [0.2, 0.25) is 36.3 Å². The van der Waals surface area contributed by atoms with Crippen LogP contribution in [0.5, 0.6) is 0 Å². The number of aliphatic hydroxyl groups is 1. The van der Waals surface area contributed by atoms with Gasteiger partial charge in [0.1, 0.15) is 6.10 Å². The fraction of sp³-hybridized carbons (Fsp3) is 0.750.